The molecule has 0 saturated carbocycles. The van der Waals surface area contributed by atoms with Crippen LogP contribution in [0.4, 0.5) is 10.5 Å². The Labute approximate surface area is 188 Å². The van der Waals surface area contributed by atoms with E-state index in [1.807, 2.05) is 17.0 Å². The number of methoxy groups -OCH3 is 1. The molecule has 0 aromatic heterocycles. The predicted octanol–water partition coefficient (Wildman–Crippen LogP) is 2.19. The van der Waals surface area contributed by atoms with Gasteiger partial charge < -0.3 is 19.9 Å². The number of carbonyl (C=O) groups is 3. The number of nitrogens with zero attached hydrogens (tertiary/aromatic N) is 2. The van der Waals surface area contributed by atoms with Gasteiger partial charge in [-0.1, -0.05) is 25.4 Å². The number of amides is 4. The molecule has 4 amide bonds. The smallest absolute Gasteiger partial charge is 0.322 e. The van der Waals surface area contributed by atoms with Gasteiger partial charge >= 0.3 is 6.03 Å². The molecule has 1 aromatic carbocycles. The number of nitrogens with one attached hydrogen (secondary N) is 2. The number of halogens is 1. The summed E-state index contributed by atoms with van der Waals surface area (Å²) in [6, 6.07) is 5.65. The largest absolute Gasteiger partial charge is 0.382 e. The van der Waals surface area contributed by atoms with Crippen LogP contribution in [-0.4, -0.2) is 67.7 Å². The third kappa shape index (κ3) is 4.80. The van der Waals surface area contributed by atoms with E-state index in [1.54, 1.807) is 6.92 Å². The number of aryl methyl sites for hydroxylation is 1. The standard InChI is InChI=1S/C22H31ClN4O4/c1-5-16-10-17(6-7-18(16)23)27-9-8-26(12-15(27)3)19(28)14(2)11-22(13-31-4)20(29)24-21(30)25-22/h6-7,10,14-15H,5,8-9,11-13H2,1-4H3,(H2,24,25,29,30)/t14-,15-,22-/m0/s1. The van der Waals surface area contributed by atoms with E-state index in [0.717, 1.165) is 22.7 Å². The number of piperazine rings is 1. The van der Waals surface area contributed by atoms with Crippen molar-refractivity contribution in [2.75, 3.05) is 38.3 Å². The van der Waals surface area contributed by atoms with E-state index in [0.29, 0.717) is 19.6 Å². The van der Waals surface area contributed by atoms with Gasteiger partial charge in [0.05, 0.1) is 6.61 Å². The molecule has 0 aliphatic carbocycles. The van der Waals surface area contributed by atoms with Crippen molar-refractivity contribution in [3.63, 3.8) is 0 Å². The predicted molar refractivity (Wildman–Crippen MR) is 119 cm³/mol. The summed E-state index contributed by atoms with van der Waals surface area (Å²) in [5, 5.41) is 5.67. The molecule has 0 radical (unpaired) electrons. The van der Waals surface area contributed by atoms with Gasteiger partial charge in [-0.05, 0) is 43.5 Å². The van der Waals surface area contributed by atoms with Gasteiger partial charge in [0.15, 0.2) is 0 Å². The number of benzene rings is 1. The highest BCUT2D eigenvalue weighted by Crippen LogP contribution is 2.28. The van der Waals surface area contributed by atoms with Crippen molar-refractivity contribution in [2.45, 2.75) is 45.2 Å². The second-order valence-electron chi connectivity index (χ2n) is 8.48. The number of ether oxygens (including phenoxy) is 1. The van der Waals surface area contributed by atoms with Crippen LogP contribution in [0.5, 0.6) is 0 Å². The van der Waals surface area contributed by atoms with Gasteiger partial charge in [0.2, 0.25) is 5.91 Å². The molecule has 2 aliphatic heterocycles. The summed E-state index contributed by atoms with van der Waals surface area (Å²) < 4.78 is 5.16. The van der Waals surface area contributed by atoms with E-state index < -0.39 is 23.4 Å². The summed E-state index contributed by atoms with van der Waals surface area (Å²) >= 11 is 6.26. The van der Waals surface area contributed by atoms with Gasteiger partial charge in [-0.2, -0.15) is 0 Å². The highest BCUT2D eigenvalue weighted by atomic mass is 35.5. The van der Waals surface area contributed by atoms with Crippen molar-refractivity contribution in [1.82, 2.24) is 15.5 Å². The minimum atomic E-state index is -1.21. The van der Waals surface area contributed by atoms with Gasteiger partial charge in [0.1, 0.15) is 5.54 Å². The average molecular weight is 451 g/mol. The van der Waals surface area contributed by atoms with Crippen molar-refractivity contribution < 1.29 is 19.1 Å². The zero-order valence-corrected chi connectivity index (χ0v) is 19.3. The number of carbonyl (C=O) groups excluding carboxylic acids is 3. The quantitative estimate of drug-likeness (QED) is 0.621. The lowest BCUT2D eigenvalue weighted by atomic mass is 9.87. The normalized spacial score (nSPS) is 24.7. The average Bonchev–Trinajstić information content (AvgIpc) is 3.00. The summed E-state index contributed by atoms with van der Waals surface area (Å²) in [4.78, 5) is 41.3. The van der Waals surface area contributed by atoms with Crippen LogP contribution < -0.4 is 15.5 Å². The van der Waals surface area contributed by atoms with Crippen LogP contribution in [-0.2, 0) is 20.7 Å². The Morgan fingerprint density at radius 1 is 1.35 bits per heavy atom. The summed E-state index contributed by atoms with van der Waals surface area (Å²) in [5.74, 6) is -0.923. The Morgan fingerprint density at radius 3 is 2.68 bits per heavy atom. The fourth-order valence-electron chi connectivity index (χ4n) is 4.55. The SMILES string of the molecule is CCc1cc(N2CCN(C(=O)[C@@H](C)C[C@@]3(COC)NC(=O)NC3=O)C[C@@H]2C)ccc1Cl. The molecule has 2 fully saturated rings. The lowest BCUT2D eigenvalue weighted by molar-refractivity contribution is -0.137. The molecule has 2 saturated heterocycles. The highest BCUT2D eigenvalue weighted by molar-refractivity contribution is 6.31. The molecule has 2 N–H and O–H groups in total. The highest BCUT2D eigenvalue weighted by Gasteiger charge is 2.48. The van der Waals surface area contributed by atoms with Crippen LogP contribution in [0, 0.1) is 5.92 Å². The first-order valence-electron chi connectivity index (χ1n) is 10.7. The second kappa shape index (κ2) is 9.44. The van der Waals surface area contributed by atoms with Crippen molar-refractivity contribution in [3.05, 3.63) is 28.8 Å². The lowest BCUT2D eigenvalue weighted by Gasteiger charge is -2.42. The molecule has 0 bridgehead atoms. The Bertz CT molecular complexity index is 864. The zero-order valence-electron chi connectivity index (χ0n) is 18.5. The third-order valence-electron chi connectivity index (χ3n) is 6.16. The van der Waals surface area contributed by atoms with Crippen LogP contribution in [0.15, 0.2) is 18.2 Å². The van der Waals surface area contributed by atoms with Crippen LogP contribution in [0.1, 0.15) is 32.8 Å². The molecule has 3 atom stereocenters. The lowest BCUT2D eigenvalue weighted by Crippen LogP contribution is -2.57. The van der Waals surface area contributed by atoms with E-state index in [4.69, 9.17) is 16.3 Å². The van der Waals surface area contributed by atoms with Crippen LogP contribution in [0.3, 0.4) is 0 Å². The molecule has 170 valence electrons. The topological polar surface area (TPSA) is 91.0 Å². The van der Waals surface area contributed by atoms with Gasteiger partial charge in [-0.3, -0.25) is 14.9 Å². The Hall–Kier alpha value is -2.32. The molecule has 3 rings (SSSR count). The number of anilines is 1. The van der Waals surface area contributed by atoms with Gasteiger partial charge in [-0.25, -0.2) is 4.79 Å². The first-order chi connectivity index (χ1) is 14.7. The van der Waals surface area contributed by atoms with Crippen LogP contribution >= 0.6 is 11.6 Å². The zero-order chi connectivity index (χ0) is 22.8. The molecule has 0 unspecified atom stereocenters. The van der Waals surface area contributed by atoms with E-state index in [-0.39, 0.29) is 25.0 Å². The number of hydrogen-bond donors (Lipinski definition) is 2. The number of imide groups is 1. The fraction of sp³-hybridized carbons (Fsp3) is 0.591. The van der Waals surface area contributed by atoms with Gasteiger partial charge in [0.25, 0.3) is 5.91 Å². The van der Waals surface area contributed by atoms with Crippen molar-refractivity contribution in [2.24, 2.45) is 5.92 Å². The third-order valence-corrected chi connectivity index (χ3v) is 6.53. The van der Waals surface area contributed by atoms with Gasteiger partial charge in [-0.15, -0.1) is 0 Å². The van der Waals surface area contributed by atoms with Crippen LogP contribution in [0.25, 0.3) is 0 Å². The first kappa shape index (κ1) is 23.3. The van der Waals surface area contributed by atoms with Crippen molar-refractivity contribution >= 4 is 35.1 Å². The molecular formula is C22H31ClN4O4. The summed E-state index contributed by atoms with van der Waals surface area (Å²) in [7, 11) is 1.47. The monoisotopic (exact) mass is 450 g/mol. The number of hydrogen-bond acceptors (Lipinski definition) is 5. The van der Waals surface area contributed by atoms with E-state index >= 15 is 0 Å². The first-order valence-corrected chi connectivity index (χ1v) is 11.0. The summed E-state index contributed by atoms with van der Waals surface area (Å²) in [6.07, 6.45) is 1.05. The number of urea groups is 1. The van der Waals surface area contributed by atoms with Gasteiger partial charge in [0, 0.05) is 49.4 Å². The summed E-state index contributed by atoms with van der Waals surface area (Å²) in [5.41, 5.74) is 1.01. The maximum Gasteiger partial charge on any atom is 0.322 e. The van der Waals surface area contributed by atoms with E-state index in [2.05, 4.69) is 35.4 Å². The maximum atomic E-state index is 13.2. The minimum absolute atomic E-state index is 0.0166. The summed E-state index contributed by atoms with van der Waals surface area (Å²) in [6.45, 7) is 7.88. The number of rotatable bonds is 7. The molecule has 9 heteroatoms. The Morgan fingerprint density at radius 2 is 2.10 bits per heavy atom. The molecule has 1 aromatic rings. The van der Waals surface area contributed by atoms with E-state index in [1.165, 1.54) is 7.11 Å². The van der Waals surface area contributed by atoms with Crippen molar-refractivity contribution in [1.29, 1.82) is 0 Å². The van der Waals surface area contributed by atoms with Crippen LogP contribution in [0.2, 0.25) is 5.02 Å². The molecule has 0 spiro atoms. The fourth-order valence-corrected chi connectivity index (χ4v) is 4.80. The molecule has 2 heterocycles. The van der Waals surface area contributed by atoms with Crippen molar-refractivity contribution in [3.8, 4) is 0 Å². The molecule has 2 aliphatic rings. The Balaban J connectivity index is 1.66. The molecule has 8 nitrogen and oxygen atoms in total. The second-order valence-corrected chi connectivity index (χ2v) is 8.89. The maximum absolute atomic E-state index is 13.2. The molecular weight excluding hydrogens is 420 g/mol. The minimum Gasteiger partial charge on any atom is -0.382 e. The molecule has 31 heavy (non-hydrogen) atoms. The van der Waals surface area contributed by atoms with E-state index in [9.17, 15) is 14.4 Å². The Kier molecular flexibility index (Phi) is 7.11.